The molecule has 1 N–H and O–H groups in total. The first kappa shape index (κ1) is 15.9. The molecule has 122 valence electrons. The smallest absolute Gasteiger partial charge is 0.244 e. The van der Waals surface area contributed by atoms with Crippen LogP contribution >= 0.6 is 0 Å². The number of aromatic nitrogens is 2. The second kappa shape index (κ2) is 6.25. The van der Waals surface area contributed by atoms with Crippen LogP contribution in [-0.4, -0.2) is 42.8 Å². The lowest BCUT2D eigenvalue weighted by Crippen LogP contribution is -2.28. The Balaban J connectivity index is 1.83. The van der Waals surface area contributed by atoms with Crippen LogP contribution in [-0.2, 0) is 10.0 Å². The lowest BCUT2D eigenvalue weighted by atomic mass is 10.0. The van der Waals surface area contributed by atoms with E-state index in [0.29, 0.717) is 13.1 Å². The monoisotopic (exact) mass is 332 g/mol. The minimum atomic E-state index is -3.48. The highest BCUT2D eigenvalue weighted by molar-refractivity contribution is 7.89. The number of pyridine rings is 2. The van der Waals surface area contributed by atoms with Gasteiger partial charge in [0, 0.05) is 55.5 Å². The molecule has 2 aromatic heterocycles. The maximum atomic E-state index is 12.7. The first-order chi connectivity index (χ1) is 11.0. The van der Waals surface area contributed by atoms with Crippen molar-refractivity contribution in [1.29, 1.82) is 0 Å². The van der Waals surface area contributed by atoms with Crippen molar-refractivity contribution in [3.63, 3.8) is 0 Å². The summed E-state index contributed by atoms with van der Waals surface area (Å²) in [6.45, 7) is 2.91. The second-order valence-corrected chi connectivity index (χ2v) is 7.65. The van der Waals surface area contributed by atoms with E-state index in [1.165, 1.54) is 10.5 Å². The summed E-state index contributed by atoms with van der Waals surface area (Å²) in [6.07, 6.45) is 3.74. The van der Waals surface area contributed by atoms with Gasteiger partial charge in [-0.1, -0.05) is 0 Å². The zero-order valence-electron chi connectivity index (χ0n) is 13.2. The predicted molar refractivity (Wildman–Crippen MR) is 88.9 cm³/mol. The minimum Gasteiger partial charge on any atom is -0.388 e. The number of sulfonamides is 1. The third-order valence-electron chi connectivity index (χ3n) is 4.10. The van der Waals surface area contributed by atoms with E-state index in [1.54, 1.807) is 18.3 Å². The van der Waals surface area contributed by atoms with Crippen molar-refractivity contribution in [2.24, 2.45) is 0 Å². The molecule has 1 aliphatic heterocycles. The molecule has 0 bridgehead atoms. The van der Waals surface area contributed by atoms with Crippen molar-refractivity contribution in [2.75, 3.05) is 25.5 Å². The highest BCUT2D eigenvalue weighted by Crippen LogP contribution is 2.31. The normalized spacial score (nSPS) is 19.0. The van der Waals surface area contributed by atoms with E-state index in [1.807, 2.05) is 26.1 Å². The van der Waals surface area contributed by atoms with Crippen LogP contribution < -0.4 is 5.32 Å². The van der Waals surface area contributed by atoms with Gasteiger partial charge in [0.2, 0.25) is 10.0 Å². The van der Waals surface area contributed by atoms with Crippen molar-refractivity contribution >= 4 is 15.7 Å². The SMILES string of the molecule is CNc1cc(C)nc(C2CCN(S(=O)(=O)c3cccnc3)C2)c1. The summed E-state index contributed by atoms with van der Waals surface area (Å²) in [5.41, 5.74) is 2.87. The van der Waals surface area contributed by atoms with Gasteiger partial charge < -0.3 is 5.32 Å². The number of hydrogen-bond donors (Lipinski definition) is 1. The summed E-state index contributed by atoms with van der Waals surface area (Å²) >= 11 is 0. The quantitative estimate of drug-likeness (QED) is 0.927. The molecule has 0 saturated carbocycles. The van der Waals surface area contributed by atoms with Gasteiger partial charge in [0.15, 0.2) is 0 Å². The van der Waals surface area contributed by atoms with Crippen LogP contribution in [0.2, 0.25) is 0 Å². The molecule has 23 heavy (non-hydrogen) atoms. The molecule has 0 aliphatic carbocycles. The molecule has 2 aromatic rings. The Hall–Kier alpha value is -1.99. The van der Waals surface area contributed by atoms with Crippen LogP contribution in [0.25, 0.3) is 0 Å². The maximum absolute atomic E-state index is 12.7. The van der Waals surface area contributed by atoms with Crippen LogP contribution in [0.5, 0.6) is 0 Å². The third kappa shape index (κ3) is 3.20. The summed E-state index contributed by atoms with van der Waals surface area (Å²) in [5.74, 6) is 0.119. The van der Waals surface area contributed by atoms with E-state index in [0.717, 1.165) is 23.5 Å². The third-order valence-corrected chi connectivity index (χ3v) is 5.95. The van der Waals surface area contributed by atoms with E-state index in [4.69, 9.17) is 0 Å². The Labute approximate surface area is 136 Å². The molecule has 0 radical (unpaired) electrons. The van der Waals surface area contributed by atoms with Crippen LogP contribution in [0.15, 0.2) is 41.6 Å². The summed E-state index contributed by atoms with van der Waals surface area (Å²) in [7, 11) is -1.61. The average Bonchev–Trinajstić information content (AvgIpc) is 3.06. The highest BCUT2D eigenvalue weighted by Gasteiger charge is 2.34. The van der Waals surface area contributed by atoms with Gasteiger partial charge in [0.1, 0.15) is 4.90 Å². The van der Waals surface area contributed by atoms with Gasteiger partial charge in [-0.25, -0.2) is 8.42 Å². The van der Waals surface area contributed by atoms with Crippen molar-refractivity contribution in [1.82, 2.24) is 14.3 Å². The van der Waals surface area contributed by atoms with Gasteiger partial charge >= 0.3 is 0 Å². The van der Waals surface area contributed by atoms with Gasteiger partial charge in [0.05, 0.1) is 0 Å². The molecular formula is C16H20N4O2S. The zero-order valence-corrected chi connectivity index (χ0v) is 14.0. The summed E-state index contributed by atoms with van der Waals surface area (Å²) < 4.78 is 26.8. The van der Waals surface area contributed by atoms with Crippen LogP contribution in [0.3, 0.4) is 0 Å². The Morgan fingerprint density at radius 1 is 1.35 bits per heavy atom. The van der Waals surface area contributed by atoms with Gasteiger partial charge in [-0.05, 0) is 37.6 Å². The predicted octanol–water partition coefficient (Wildman–Crippen LogP) is 2.00. The van der Waals surface area contributed by atoms with E-state index in [9.17, 15) is 8.42 Å². The molecule has 3 heterocycles. The Morgan fingerprint density at radius 2 is 2.17 bits per heavy atom. The lowest BCUT2D eigenvalue weighted by molar-refractivity contribution is 0.472. The van der Waals surface area contributed by atoms with Crippen LogP contribution in [0, 0.1) is 6.92 Å². The Bertz CT molecular complexity index is 793. The molecule has 0 aromatic carbocycles. The van der Waals surface area contributed by atoms with E-state index < -0.39 is 10.0 Å². The van der Waals surface area contributed by atoms with Crippen molar-refractivity contribution in [3.8, 4) is 0 Å². The highest BCUT2D eigenvalue weighted by atomic mass is 32.2. The molecule has 6 nitrogen and oxygen atoms in total. The molecular weight excluding hydrogens is 312 g/mol. The first-order valence-corrected chi connectivity index (χ1v) is 9.01. The molecule has 0 amide bonds. The average molecular weight is 332 g/mol. The topological polar surface area (TPSA) is 75.2 Å². The number of hydrogen-bond acceptors (Lipinski definition) is 5. The van der Waals surface area contributed by atoms with Gasteiger partial charge in [-0.2, -0.15) is 4.31 Å². The number of anilines is 1. The lowest BCUT2D eigenvalue weighted by Gasteiger charge is -2.16. The number of rotatable bonds is 4. The fourth-order valence-corrected chi connectivity index (χ4v) is 4.35. The van der Waals surface area contributed by atoms with Crippen molar-refractivity contribution < 1.29 is 8.42 Å². The molecule has 1 fully saturated rings. The summed E-state index contributed by atoms with van der Waals surface area (Å²) in [4.78, 5) is 8.73. The zero-order chi connectivity index (χ0) is 16.4. The fraction of sp³-hybridized carbons (Fsp3) is 0.375. The van der Waals surface area contributed by atoms with Crippen molar-refractivity contribution in [3.05, 3.63) is 48.0 Å². The molecule has 7 heteroatoms. The van der Waals surface area contributed by atoms with Gasteiger partial charge in [-0.15, -0.1) is 0 Å². The van der Waals surface area contributed by atoms with Gasteiger partial charge in [-0.3, -0.25) is 9.97 Å². The van der Waals surface area contributed by atoms with Crippen LogP contribution in [0.1, 0.15) is 23.7 Å². The Morgan fingerprint density at radius 3 is 2.87 bits per heavy atom. The molecule has 1 saturated heterocycles. The van der Waals surface area contributed by atoms with E-state index in [-0.39, 0.29) is 10.8 Å². The molecule has 3 rings (SSSR count). The van der Waals surface area contributed by atoms with Gasteiger partial charge in [0.25, 0.3) is 0 Å². The van der Waals surface area contributed by atoms with Crippen LogP contribution in [0.4, 0.5) is 5.69 Å². The summed E-state index contributed by atoms with van der Waals surface area (Å²) in [6, 6.07) is 7.20. The first-order valence-electron chi connectivity index (χ1n) is 7.57. The maximum Gasteiger partial charge on any atom is 0.244 e. The largest absolute Gasteiger partial charge is 0.388 e. The molecule has 1 aliphatic rings. The fourth-order valence-electron chi connectivity index (χ4n) is 2.88. The minimum absolute atomic E-state index is 0.119. The summed E-state index contributed by atoms with van der Waals surface area (Å²) in [5, 5.41) is 3.12. The van der Waals surface area contributed by atoms with E-state index >= 15 is 0 Å². The van der Waals surface area contributed by atoms with Crippen molar-refractivity contribution in [2.45, 2.75) is 24.2 Å². The number of nitrogens with one attached hydrogen (secondary N) is 1. The number of aryl methyl sites for hydroxylation is 1. The molecule has 1 atom stereocenters. The number of nitrogens with zero attached hydrogens (tertiary/aromatic N) is 3. The Kier molecular flexibility index (Phi) is 4.32. The molecule has 0 spiro atoms. The standard InChI is InChI=1S/C16H20N4O2S/c1-12-8-14(17-2)9-16(19-12)13-5-7-20(11-13)23(21,22)15-4-3-6-18-10-15/h3-4,6,8-10,13H,5,7,11H2,1-2H3,(H,17,19). The molecule has 1 unspecified atom stereocenters. The van der Waals surface area contributed by atoms with E-state index in [2.05, 4.69) is 15.3 Å². The second-order valence-electron chi connectivity index (χ2n) is 5.71.